The van der Waals surface area contributed by atoms with E-state index >= 15 is 0 Å². The Hall–Kier alpha value is -2.12. The highest BCUT2D eigenvalue weighted by atomic mass is 16.6. The number of rotatable bonds is 4. The van der Waals surface area contributed by atoms with Crippen molar-refractivity contribution >= 4 is 12.0 Å². The van der Waals surface area contributed by atoms with Gasteiger partial charge in [-0.1, -0.05) is 12.1 Å². The lowest BCUT2D eigenvalue weighted by atomic mass is 10.2. The lowest BCUT2D eigenvalue weighted by Gasteiger charge is -2.29. The molecule has 1 aromatic heterocycles. The van der Waals surface area contributed by atoms with Gasteiger partial charge in [-0.3, -0.25) is 9.69 Å². The molecule has 1 saturated heterocycles. The Bertz CT molecular complexity index is 593. The average molecular weight is 338 g/mol. The molecule has 0 saturated carbocycles. The predicted molar refractivity (Wildman–Crippen MR) is 86.1 cm³/mol. The molecule has 134 valence electrons. The van der Waals surface area contributed by atoms with Crippen molar-refractivity contribution in [3.8, 4) is 0 Å². The van der Waals surface area contributed by atoms with Gasteiger partial charge >= 0.3 is 6.09 Å². The van der Waals surface area contributed by atoms with Gasteiger partial charge in [0.05, 0.1) is 6.54 Å². The minimum Gasteiger partial charge on any atom is -0.444 e. The van der Waals surface area contributed by atoms with Crippen molar-refractivity contribution in [3.63, 3.8) is 0 Å². The molecule has 2 amide bonds. The molecular formula is C16H26N4O4. The molecule has 8 heteroatoms. The first-order chi connectivity index (χ1) is 11.2. The van der Waals surface area contributed by atoms with E-state index in [1.54, 1.807) is 7.05 Å². The van der Waals surface area contributed by atoms with Crippen LogP contribution in [0.15, 0.2) is 4.52 Å². The Morgan fingerprint density at radius 3 is 2.71 bits per heavy atom. The van der Waals surface area contributed by atoms with E-state index in [2.05, 4.69) is 10.1 Å². The Labute approximate surface area is 142 Å². The van der Waals surface area contributed by atoms with Crippen LogP contribution < -0.4 is 0 Å². The Morgan fingerprint density at radius 1 is 1.42 bits per heavy atom. The maximum absolute atomic E-state index is 12.7. The van der Waals surface area contributed by atoms with E-state index in [1.807, 2.05) is 27.7 Å². The first-order valence-corrected chi connectivity index (χ1v) is 8.27. The van der Waals surface area contributed by atoms with Gasteiger partial charge in [0.25, 0.3) is 0 Å². The molecule has 0 unspecified atom stereocenters. The first-order valence-electron chi connectivity index (χ1n) is 8.27. The van der Waals surface area contributed by atoms with Gasteiger partial charge < -0.3 is 14.2 Å². The number of carbonyl (C=O) groups excluding carboxylic acids is 2. The number of carbonyl (C=O) groups is 2. The number of hydrogen-bond donors (Lipinski definition) is 0. The second-order valence-corrected chi connectivity index (χ2v) is 6.98. The third kappa shape index (κ3) is 4.46. The predicted octanol–water partition coefficient (Wildman–Crippen LogP) is 1.99. The van der Waals surface area contributed by atoms with Crippen LogP contribution in [0.25, 0.3) is 0 Å². The molecule has 0 aliphatic carbocycles. The number of likely N-dealkylation sites (tertiary alicyclic amines) is 1. The number of nitrogens with zero attached hydrogens (tertiary/aromatic N) is 4. The van der Waals surface area contributed by atoms with Gasteiger partial charge in [-0.05, 0) is 33.6 Å². The van der Waals surface area contributed by atoms with Crippen LogP contribution in [0.4, 0.5) is 4.79 Å². The molecule has 1 aromatic rings. The summed E-state index contributed by atoms with van der Waals surface area (Å²) in [5, 5.41) is 3.82. The number of hydrogen-bond acceptors (Lipinski definition) is 6. The first kappa shape index (κ1) is 18.2. The summed E-state index contributed by atoms with van der Waals surface area (Å²) in [6.07, 6.45) is 1.64. The maximum Gasteiger partial charge on any atom is 0.410 e. The Balaban J connectivity index is 2.00. The highest BCUT2D eigenvalue weighted by Crippen LogP contribution is 2.22. The standard InChI is InChI=1S/C16H26N4O4/c1-6-12-17-13(24-18-12)10-19(5)14(21)11-8-7-9-20(11)15(22)23-16(2,3)4/h11H,6-10H2,1-5H3/t11-/m0/s1. The van der Waals surface area contributed by atoms with E-state index in [1.165, 1.54) is 9.80 Å². The van der Waals surface area contributed by atoms with Crippen molar-refractivity contribution in [2.75, 3.05) is 13.6 Å². The van der Waals surface area contributed by atoms with Gasteiger partial charge in [0.2, 0.25) is 11.8 Å². The molecule has 1 aliphatic heterocycles. The molecule has 0 N–H and O–H groups in total. The van der Waals surface area contributed by atoms with E-state index in [9.17, 15) is 9.59 Å². The summed E-state index contributed by atoms with van der Waals surface area (Å²) in [6, 6.07) is -0.501. The fourth-order valence-electron chi connectivity index (χ4n) is 2.60. The van der Waals surface area contributed by atoms with Gasteiger partial charge in [0.1, 0.15) is 11.6 Å². The van der Waals surface area contributed by atoms with Gasteiger partial charge in [0.15, 0.2) is 5.82 Å². The molecule has 1 fully saturated rings. The summed E-state index contributed by atoms with van der Waals surface area (Å²) in [5.41, 5.74) is -0.584. The van der Waals surface area contributed by atoms with Crippen LogP contribution in [-0.4, -0.2) is 57.2 Å². The van der Waals surface area contributed by atoms with Crippen LogP contribution in [-0.2, 0) is 22.5 Å². The topological polar surface area (TPSA) is 88.8 Å². The fraction of sp³-hybridized carbons (Fsp3) is 0.750. The molecule has 0 bridgehead atoms. The zero-order valence-corrected chi connectivity index (χ0v) is 15.0. The summed E-state index contributed by atoms with van der Waals surface area (Å²) in [4.78, 5) is 32.2. The van der Waals surface area contributed by atoms with E-state index < -0.39 is 17.7 Å². The summed E-state index contributed by atoms with van der Waals surface area (Å²) in [7, 11) is 1.67. The van der Waals surface area contributed by atoms with E-state index in [-0.39, 0.29) is 12.5 Å². The molecule has 0 radical (unpaired) electrons. The molecule has 24 heavy (non-hydrogen) atoms. The van der Waals surface area contributed by atoms with Gasteiger partial charge in [0, 0.05) is 20.0 Å². The van der Waals surface area contributed by atoms with Crippen molar-refractivity contribution in [1.29, 1.82) is 0 Å². The number of amides is 2. The summed E-state index contributed by atoms with van der Waals surface area (Å²) >= 11 is 0. The lowest BCUT2D eigenvalue weighted by molar-refractivity contribution is -0.135. The van der Waals surface area contributed by atoms with Crippen LogP contribution in [0, 0.1) is 0 Å². The van der Waals surface area contributed by atoms with Crippen LogP contribution in [0.1, 0.15) is 52.3 Å². The van der Waals surface area contributed by atoms with Crippen LogP contribution in [0.5, 0.6) is 0 Å². The number of aryl methyl sites for hydroxylation is 1. The van der Waals surface area contributed by atoms with Gasteiger partial charge in [-0.25, -0.2) is 4.79 Å². The summed E-state index contributed by atoms with van der Waals surface area (Å²) < 4.78 is 10.5. The molecule has 0 spiro atoms. The van der Waals surface area contributed by atoms with Crippen molar-refractivity contribution in [3.05, 3.63) is 11.7 Å². The maximum atomic E-state index is 12.7. The molecule has 2 rings (SSSR count). The monoisotopic (exact) mass is 338 g/mol. The molecule has 1 atom stereocenters. The fourth-order valence-corrected chi connectivity index (χ4v) is 2.60. The zero-order valence-electron chi connectivity index (χ0n) is 15.0. The van der Waals surface area contributed by atoms with Gasteiger partial charge in [-0.2, -0.15) is 4.98 Å². The third-order valence-electron chi connectivity index (χ3n) is 3.74. The van der Waals surface area contributed by atoms with Gasteiger partial charge in [-0.15, -0.1) is 0 Å². The third-order valence-corrected chi connectivity index (χ3v) is 3.74. The summed E-state index contributed by atoms with van der Waals surface area (Å²) in [5.74, 6) is 0.862. The van der Waals surface area contributed by atoms with E-state index in [4.69, 9.17) is 9.26 Å². The number of ether oxygens (including phenoxy) is 1. The summed E-state index contributed by atoms with van der Waals surface area (Å²) in [6.45, 7) is 8.12. The molecule has 8 nitrogen and oxygen atoms in total. The highest BCUT2D eigenvalue weighted by Gasteiger charge is 2.38. The number of likely N-dealkylation sites (N-methyl/N-ethyl adjacent to an activating group) is 1. The molecular weight excluding hydrogens is 312 g/mol. The minimum absolute atomic E-state index is 0.144. The molecule has 1 aliphatic rings. The second kappa shape index (κ2) is 7.19. The molecule has 0 aromatic carbocycles. The normalized spacial score (nSPS) is 17.9. The second-order valence-electron chi connectivity index (χ2n) is 6.98. The molecule has 2 heterocycles. The van der Waals surface area contributed by atoms with Crippen LogP contribution in [0.3, 0.4) is 0 Å². The highest BCUT2D eigenvalue weighted by molar-refractivity contribution is 5.86. The SMILES string of the molecule is CCc1noc(CN(C)C(=O)[C@@H]2CCCN2C(=O)OC(C)(C)C)n1. The smallest absolute Gasteiger partial charge is 0.410 e. The largest absolute Gasteiger partial charge is 0.444 e. The van der Waals surface area contributed by atoms with Crippen molar-refractivity contribution in [2.45, 2.75) is 65.1 Å². The van der Waals surface area contributed by atoms with E-state index in [0.717, 1.165) is 6.42 Å². The Kier molecular flexibility index (Phi) is 5.46. The minimum atomic E-state index is -0.584. The lowest BCUT2D eigenvalue weighted by Crippen LogP contribution is -2.47. The number of aromatic nitrogens is 2. The quantitative estimate of drug-likeness (QED) is 0.834. The van der Waals surface area contributed by atoms with Crippen molar-refractivity contribution < 1.29 is 18.8 Å². The van der Waals surface area contributed by atoms with Crippen molar-refractivity contribution in [2.24, 2.45) is 0 Å². The van der Waals surface area contributed by atoms with Crippen LogP contribution >= 0.6 is 0 Å². The van der Waals surface area contributed by atoms with Crippen LogP contribution in [0.2, 0.25) is 0 Å². The Morgan fingerprint density at radius 2 is 2.12 bits per heavy atom. The van der Waals surface area contributed by atoms with Crippen molar-refractivity contribution in [1.82, 2.24) is 19.9 Å². The zero-order chi connectivity index (χ0) is 17.9. The average Bonchev–Trinajstić information content (AvgIpc) is 3.13. The van der Waals surface area contributed by atoms with E-state index in [0.29, 0.717) is 31.1 Å².